The third-order valence-electron chi connectivity index (χ3n) is 1.48. The summed E-state index contributed by atoms with van der Waals surface area (Å²) in [6, 6.07) is 0. The first-order valence-corrected chi connectivity index (χ1v) is 3.81. The Labute approximate surface area is 59.0 Å². The van der Waals surface area contributed by atoms with Gasteiger partial charge in [0.25, 0.3) is 0 Å². The summed E-state index contributed by atoms with van der Waals surface area (Å²) in [5.41, 5.74) is 1.32. The van der Waals surface area contributed by atoms with E-state index in [0.717, 1.165) is 5.92 Å². The predicted molar refractivity (Wildman–Crippen MR) is 43.5 cm³/mol. The minimum atomic E-state index is 0.840. The van der Waals surface area contributed by atoms with Crippen LogP contribution in [0.25, 0.3) is 0 Å². The Morgan fingerprint density at radius 3 is 2.44 bits per heavy atom. The van der Waals surface area contributed by atoms with Crippen LogP contribution in [0.2, 0.25) is 0 Å². The van der Waals surface area contributed by atoms with Crippen LogP contribution in [0, 0.1) is 5.92 Å². The standard InChI is InChI=1S/C9H18/c1-5-6-9(4)7-8(2)3/h9H,2,5-7H2,1,3-4H3/t9-/m0/s1. The lowest BCUT2D eigenvalue weighted by Gasteiger charge is -2.07. The zero-order valence-electron chi connectivity index (χ0n) is 6.91. The largest absolute Gasteiger partial charge is 0.100 e. The Morgan fingerprint density at radius 1 is 1.56 bits per heavy atom. The molecule has 0 heterocycles. The molecule has 0 aromatic heterocycles. The van der Waals surface area contributed by atoms with Gasteiger partial charge in [-0.15, -0.1) is 6.58 Å². The minimum Gasteiger partial charge on any atom is -0.100 e. The lowest BCUT2D eigenvalue weighted by Crippen LogP contribution is -1.93. The number of allylic oxidation sites excluding steroid dienone is 1. The van der Waals surface area contributed by atoms with Gasteiger partial charge in [-0.3, -0.25) is 0 Å². The normalized spacial score (nSPS) is 13.2. The molecule has 0 nitrogen and oxygen atoms in total. The van der Waals surface area contributed by atoms with Crippen molar-refractivity contribution in [1.82, 2.24) is 0 Å². The van der Waals surface area contributed by atoms with E-state index in [1.807, 2.05) is 0 Å². The van der Waals surface area contributed by atoms with E-state index in [0.29, 0.717) is 0 Å². The minimum absolute atomic E-state index is 0.840. The summed E-state index contributed by atoms with van der Waals surface area (Å²) in [5, 5.41) is 0. The van der Waals surface area contributed by atoms with Gasteiger partial charge in [0.15, 0.2) is 0 Å². The van der Waals surface area contributed by atoms with Crippen molar-refractivity contribution in [2.45, 2.75) is 40.0 Å². The zero-order valence-corrected chi connectivity index (χ0v) is 6.91. The second-order valence-electron chi connectivity index (χ2n) is 3.06. The van der Waals surface area contributed by atoms with E-state index in [9.17, 15) is 0 Å². The predicted octanol–water partition coefficient (Wildman–Crippen LogP) is 3.39. The first-order valence-electron chi connectivity index (χ1n) is 3.81. The Hall–Kier alpha value is -0.260. The maximum Gasteiger partial charge on any atom is -0.0300 e. The highest BCUT2D eigenvalue weighted by Crippen LogP contribution is 2.13. The van der Waals surface area contributed by atoms with Crippen molar-refractivity contribution in [1.29, 1.82) is 0 Å². The molecule has 0 aliphatic carbocycles. The van der Waals surface area contributed by atoms with Crippen LogP contribution >= 0.6 is 0 Å². The van der Waals surface area contributed by atoms with Crippen molar-refractivity contribution in [3.63, 3.8) is 0 Å². The third kappa shape index (κ3) is 5.61. The smallest absolute Gasteiger partial charge is 0.0300 e. The van der Waals surface area contributed by atoms with Gasteiger partial charge in [0.2, 0.25) is 0 Å². The molecule has 0 N–H and O–H groups in total. The molecule has 0 saturated heterocycles. The highest BCUT2D eigenvalue weighted by Gasteiger charge is 1.98. The van der Waals surface area contributed by atoms with Crippen LogP contribution in [-0.4, -0.2) is 0 Å². The molecule has 0 radical (unpaired) electrons. The van der Waals surface area contributed by atoms with E-state index >= 15 is 0 Å². The average molecular weight is 126 g/mol. The van der Waals surface area contributed by atoms with Gasteiger partial charge in [-0.05, 0) is 19.3 Å². The van der Waals surface area contributed by atoms with Crippen LogP contribution in [0.4, 0.5) is 0 Å². The Balaban J connectivity index is 3.26. The molecule has 0 bridgehead atoms. The SMILES string of the molecule is C=C(C)C[C@@H](C)CCC. The first-order chi connectivity index (χ1) is 4.16. The molecule has 0 fully saturated rings. The number of hydrogen-bond donors (Lipinski definition) is 0. The van der Waals surface area contributed by atoms with Gasteiger partial charge in [0.1, 0.15) is 0 Å². The molecule has 0 aliphatic rings. The van der Waals surface area contributed by atoms with Crippen LogP contribution in [-0.2, 0) is 0 Å². The quantitative estimate of drug-likeness (QED) is 0.506. The van der Waals surface area contributed by atoms with Gasteiger partial charge in [-0.25, -0.2) is 0 Å². The van der Waals surface area contributed by atoms with Crippen LogP contribution in [0.15, 0.2) is 12.2 Å². The summed E-state index contributed by atoms with van der Waals surface area (Å²) >= 11 is 0. The zero-order chi connectivity index (χ0) is 7.28. The summed E-state index contributed by atoms with van der Waals surface area (Å²) in [6.45, 7) is 10.5. The Morgan fingerprint density at radius 2 is 2.11 bits per heavy atom. The fourth-order valence-corrected chi connectivity index (χ4v) is 1.19. The van der Waals surface area contributed by atoms with E-state index in [-0.39, 0.29) is 0 Å². The summed E-state index contributed by atoms with van der Waals surface area (Å²) in [7, 11) is 0. The lowest BCUT2D eigenvalue weighted by molar-refractivity contribution is 0.521. The summed E-state index contributed by atoms with van der Waals surface area (Å²) in [5.74, 6) is 0.840. The van der Waals surface area contributed by atoms with Gasteiger partial charge < -0.3 is 0 Å². The van der Waals surface area contributed by atoms with E-state index in [4.69, 9.17) is 0 Å². The molecule has 0 amide bonds. The first kappa shape index (κ1) is 8.74. The fourth-order valence-electron chi connectivity index (χ4n) is 1.19. The molecule has 0 heteroatoms. The molecule has 0 saturated carbocycles. The molecule has 0 rings (SSSR count). The molecule has 0 spiro atoms. The maximum absolute atomic E-state index is 3.88. The van der Waals surface area contributed by atoms with Crippen LogP contribution < -0.4 is 0 Å². The molecular formula is C9H18. The molecular weight excluding hydrogens is 108 g/mol. The maximum atomic E-state index is 3.88. The van der Waals surface area contributed by atoms with Crippen LogP contribution in [0.3, 0.4) is 0 Å². The van der Waals surface area contributed by atoms with Crippen molar-refractivity contribution in [3.8, 4) is 0 Å². The van der Waals surface area contributed by atoms with Crippen LogP contribution in [0.1, 0.15) is 40.0 Å². The molecule has 9 heavy (non-hydrogen) atoms. The highest BCUT2D eigenvalue weighted by molar-refractivity contribution is 4.89. The van der Waals surface area contributed by atoms with Gasteiger partial charge in [0, 0.05) is 0 Å². The molecule has 0 unspecified atom stereocenters. The summed E-state index contributed by atoms with van der Waals surface area (Å²) in [4.78, 5) is 0. The van der Waals surface area contributed by atoms with Gasteiger partial charge in [0.05, 0.1) is 0 Å². The molecule has 0 aromatic rings. The fraction of sp³-hybridized carbons (Fsp3) is 0.778. The number of hydrogen-bond acceptors (Lipinski definition) is 0. The van der Waals surface area contributed by atoms with Crippen molar-refractivity contribution in [3.05, 3.63) is 12.2 Å². The van der Waals surface area contributed by atoms with Gasteiger partial charge in [-0.2, -0.15) is 0 Å². The topological polar surface area (TPSA) is 0 Å². The van der Waals surface area contributed by atoms with Crippen molar-refractivity contribution >= 4 is 0 Å². The second-order valence-corrected chi connectivity index (χ2v) is 3.06. The Bertz CT molecular complexity index is 82.0. The third-order valence-corrected chi connectivity index (χ3v) is 1.48. The van der Waals surface area contributed by atoms with E-state index in [1.165, 1.54) is 24.8 Å². The molecule has 0 aromatic carbocycles. The van der Waals surface area contributed by atoms with E-state index in [1.54, 1.807) is 0 Å². The molecule has 1 atom stereocenters. The highest BCUT2D eigenvalue weighted by atomic mass is 14.0. The van der Waals surface area contributed by atoms with Crippen molar-refractivity contribution < 1.29 is 0 Å². The molecule has 0 aliphatic heterocycles. The van der Waals surface area contributed by atoms with E-state index < -0.39 is 0 Å². The summed E-state index contributed by atoms with van der Waals surface area (Å²) < 4.78 is 0. The van der Waals surface area contributed by atoms with Gasteiger partial charge >= 0.3 is 0 Å². The Kier molecular flexibility index (Phi) is 4.47. The van der Waals surface area contributed by atoms with Crippen molar-refractivity contribution in [2.24, 2.45) is 5.92 Å². The summed E-state index contributed by atoms with van der Waals surface area (Å²) in [6.07, 6.45) is 3.84. The van der Waals surface area contributed by atoms with Crippen molar-refractivity contribution in [2.75, 3.05) is 0 Å². The number of rotatable bonds is 4. The second kappa shape index (κ2) is 4.60. The van der Waals surface area contributed by atoms with E-state index in [2.05, 4.69) is 27.4 Å². The average Bonchev–Trinajstić information content (AvgIpc) is 1.63. The molecule has 54 valence electrons. The van der Waals surface area contributed by atoms with Crippen LogP contribution in [0.5, 0.6) is 0 Å². The van der Waals surface area contributed by atoms with Gasteiger partial charge in [-0.1, -0.05) is 32.3 Å². The lowest BCUT2D eigenvalue weighted by atomic mass is 9.99. The monoisotopic (exact) mass is 126 g/mol.